The molecule has 1 fully saturated rings. The normalized spacial score (nSPS) is 14.6. The molecule has 0 radical (unpaired) electrons. The van der Waals surface area contributed by atoms with E-state index in [9.17, 15) is 9.59 Å². The van der Waals surface area contributed by atoms with E-state index in [-0.39, 0.29) is 18.1 Å². The Labute approximate surface area is 105 Å². The van der Waals surface area contributed by atoms with Crippen LogP contribution in [-0.2, 0) is 4.79 Å². The largest absolute Gasteiger partial charge is 0.477 e. The summed E-state index contributed by atoms with van der Waals surface area (Å²) in [4.78, 5) is 28.2. The second-order valence-corrected chi connectivity index (χ2v) is 4.15. The molecule has 2 rings (SSSR count). The highest BCUT2D eigenvalue weighted by atomic mass is 16.4. The summed E-state index contributed by atoms with van der Waals surface area (Å²) in [6.45, 7) is 1.77. The van der Waals surface area contributed by atoms with Gasteiger partial charge >= 0.3 is 5.97 Å². The second-order valence-electron chi connectivity index (χ2n) is 4.15. The number of carboxylic acid groups (broad SMARTS) is 1. The maximum atomic E-state index is 11.8. The number of nitrogens with one attached hydrogen (secondary N) is 1. The monoisotopic (exact) mass is 249 g/mol. The van der Waals surface area contributed by atoms with Gasteiger partial charge in [0, 0.05) is 13.1 Å². The molecule has 18 heavy (non-hydrogen) atoms. The van der Waals surface area contributed by atoms with Crippen molar-refractivity contribution in [1.29, 1.82) is 0 Å². The average molecular weight is 249 g/mol. The lowest BCUT2D eigenvalue weighted by atomic mass is 10.3. The fourth-order valence-corrected chi connectivity index (χ4v) is 1.90. The lowest BCUT2D eigenvalue weighted by Gasteiger charge is -2.15. The summed E-state index contributed by atoms with van der Waals surface area (Å²) in [7, 11) is 0. The molecule has 1 aliphatic heterocycles. The first kappa shape index (κ1) is 12.3. The molecule has 6 nitrogen and oxygen atoms in total. The van der Waals surface area contributed by atoms with Crippen LogP contribution in [0.5, 0.6) is 0 Å². The number of hydrogen-bond acceptors (Lipinski definition) is 4. The summed E-state index contributed by atoms with van der Waals surface area (Å²) in [5.74, 6) is -0.651. The number of amides is 1. The van der Waals surface area contributed by atoms with Crippen LogP contribution in [0.2, 0.25) is 0 Å². The topological polar surface area (TPSA) is 82.5 Å². The van der Waals surface area contributed by atoms with E-state index in [0.29, 0.717) is 5.82 Å². The van der Waals surface area contributed by atoms with Gasteiger partial charge in [0.15, 0.2) is 5.69 Å². The van der Waals surface area contributed by atoms with Crippen LogP contribution in [0.15, 0.2) is 18.2 Å². The summed E-state index contributed by atoms with van der Waals surface area (Å²) in [5.41, 5.74) is -0.0337. The number of nitrogens with zero attached hydrogens (tertiary/aromatic N) is 2. The SMILES string of the molecule is O=C(O)c1cccc(NCC(=O)N2CCCC2)n1. The van der Waals surface area contributed by atoms with Crippen LogP contribution in [0.3, 0.4) is 0 Å². The van der Waals surface area contributed by atoms with E-state index >= 15 is 0 Å². The summed E-state index contributed by atoms with van der Waals surface area (Å²) < 4.78 is 0. The van der Waals surface area contributed by atoms with E-state index in [1.807, 2.05) is 0 Å². The minimum atomic E-state index is -1.08. The smallest absolute Gasteiger partial charge is 0.354 e. The molecule has 1 amide bonds. The third kappa shape index (κ3) is 2.97. The summed E-state index contributed by atoms with van der Waals surface area (Å²) in [6.07, 6.45) is 2.11. The minimum Gasteiger partial charge on any atom is -0.477 e. The average Bonchev–Trinajstić information content (AvgIpc) is 2.90. The van der Waals surface area contributed by atoms with Gasteiger partial charge in [-0.1, -0.05) is 6.07 Å². The van der Waals surface area contributed by atoms with Crippen molar-refractivity contribution in [2.45, 2.75) is 12.8 Å². The lowest BCUT2D eigenvalue weighted by molar-refractivity contribution is -0.128. The molecule has 96 valence electrons. The fraction of sp³-hybridized carbons (Fsp3) is 0.417. The van der Waals surface area contributed by atoms with Crippen molar-refractivity contribution in [3.63, 3.8) is 0 Å². The standard InChI is InChI=1S/C12H15N3O3/c16-11(15-6-1-2-7-15)8-13-10-5-3-4-9(14-10)12(17)18/h3-5H,1-2,6-8H2,(H,13,14)(H,17,18). The molecule has 0 saturated carbocycles. The maximum absolute atomic E-state index is 11.8. The fourth-order valence-electron chi connectivity index (χ4n) is 1.90. The Morgan fingerprint density at radius 2 is 2.06 bits per heavy atom. The Hall–Kier alpha value is -2.11. The van der Waals surface area contributed by atoms with Crippen LogP contribution in [0.4, 0.5) is 5.82 Å². The van der Waals surface area contributed by atoms with Crippen LogP contribution in [-0.4, -0.2) is 46.5 Å². The molecule has 0 aromatic carbocycles. The van der Waals surface area contributed by atoms with Crippen molar-refractivity contribution in [1.82, 2.24) is 9.88 Å². The number of anilines is 1. The van der Waals surface area contributed by atoms with E-state index in [0.717, 1.165) is 25.9 Å². The first-order valence-corrected chi connectivity index (χ1v) is 5.89. The van der Waals surface area contributed by atoms with Gasteiger partial charge in [0.2, 0.25) is 5.91 Å². The van der Waals surface area contributed by atoms with Gasteiger partial charge in [-0.05, 0) is 25.0 Å². The van der Waals surface area contributed by atoms with Crippen LogP contribution in [0.1, 0.15) is 23.3 Å². The molecule has 0 atom stereocenters. The number of carbonyl (C=O) groups is 2. The van der Waals surface area contributed by atoms with Crippen molar-refractivity contribution < 1.29 is 14.7 Å². The highest BCUT2D eigenvalue weighted by molar-refractivity contribution is 5.86. The summed E-state index contributed by atoms with van der Waals surface area (Å²) in [6, 6.07) is 4.65. The Balaban J connectivity index is 1.91. The van der Waals surface area contributed by atoms with Crippen LogP contribution >= 0.6 is 0 Å². The molecule has 6 heteroatoms. The first-order chi connectivity index (χ1) is 8.66. The second kappa shape index (κ2) is 5.48. The van der Waals surface area contributed by atoms with Crippen molar-refractivity contribution in [3.05, 3.63) is 23.9 Å². The van der Waals surface area contributed by atoms with Crippen molar-refractivity contribution in [2.24, 2.45) is 0 Å². The molecule has 2 heterocycles. The molecule has 1 aromatic heterocycles. The van der Waals surface area contributed by atoms with Gasteiger partial charge in [-0.25, -0.2) is 9.78 Å². The Morgan fingerprint density at radius 1 is 1.33 bits per heavy atom. The molecule has 1 aromatic rings. The third-order valence-electron chi connectivity index (χ3n) is 2.85. The first-order valence-electron chi connectivity index (χ1n) is 5.89. The number of rotatable bonds is 4. The van der Waals surface area contributed by atoms with E-state index in [4.69, 9.17) is 5.11 Å². The van der Waals surface area contributed by atoms with Gasteiger partial charge in [0.05, 0.1) is 6.54 Å². The van der Waals surface area contributed by atoms with Crippen LogP contribution in [0, 0.1) is 0 Å². The molecular weight excluding hydrogens is 234 g/mol. The number of aromatic carboxylic acids is 1. The zero-order chi connectivity index (χ0) is 13.0. The number of aromatic nitrogens is 1. The van der Waals surface area contributed by atoms with Gasteiger partial charge in [0.25, 0.3) is 0 Å². The lowest BCUT2D eigenvalue weighted by Crippen LogP contribution is -2.33. The maximum Gasteiger partial charge on any atom is 0.354 e. The molecule has 0 bridgehead atoms. The molecular formula is C12H15N3O3. The van der Waals surface area contributed by atoms with Gasteiger partial charge < -0.3 is 15.3 Å². The Kier molecular flexibility index (Phi) is 3.76. The minimum absolute atomic E-state index is 0.0232. The van der Waals surface area contributed by atoms with Crippen molar-refractivity contribution in [3.8, 4) is 0 Å². The number of hydrogen-bond donors (Lipinski definition) is 2. The van der Waals surface area contributed by atoms with Gasteiger partial charge in [-0.15, -0.1) is 0 Å². The summed E-state index contributed by atoms with van der Waals surface area (Å²) >= 11 is 0. The quantitative estimate of drug-likeness (QED) is 0.825. The van der Waals surface area contributed by atoms with Crippen molar-refractivity contribution >= 4 is 17.7 Å². The van der Waals surface area contributed by atoms with Gasteiger partial charge in [-0.2, -0.15) is 0 Å². The molecule has 2 N–H and O–H groups in total. The Morgan fingerprint density at radius 3 is 2.72 bits per heavy atom. The highest BCUT2D eigenvalue weighted by Crippen LogP contribution is 2.08. The predicted octanol–water partition coefficient (Wildman–Crippen LogP) is 0.814. The van der Waals surface area contributed by atoms with Gasteiger partial charge in [0.1, 0.15) is 5.82 Å². The van der Waals surface area contributed by atoms with Crippen LogP contribution in [0.25, 0.3) is 0 Å². The van der Waals surface area contributed by atoms with Gasteiger partial charge in [-0.3, -0.25) is 4.79 Å². The third-order valence-corrected chi connectivity index (χ3v) is 2.85. The molecule has 0 spiro atoms. The number of carboxylic acids is 1. The molecule has 0 unspecified atom stereocenters. The Bertz CT molecular complexity index is 456. The number of pyridine rings is 1. The van der Waals surface area contributed by atoms with E-state index < -0.39 is 5.97 Å². The number of carbonyl (C=O) groups excluding carboxylic acids is 1. The van der Waals surface area contributed by atoms with E-state index in [1.54, 1.807) is 17.0 Å². The zero-order valence-electron chi connectivity index (χ0n) is 9.93. The predicted molar refractivity (Wildman–Crippen MR) is 65.5 cm³/mol. The number of likely N-dealkylation sites (tertiary alicyclic amines) is 1. The zero-order valence-corrected chi connectivity index (χ0v) is 9.93. The molecule has 0 aliphatic carbocycles. The highest BCUT2D eigenvalue weighted by Gasteiger charge is 2.17. The molecule has 1 aliphatic rings. The van der Waals surface area contributed by atoms with Crippen molar-refractivity contribution in [2.75, 3.05) is 25.0 Å². The molecule has 1 saturated heterocycles. The van der Waals surface area contributed by atoms with Crippen LogP contribution < -0.4 is 5.32 Å². The van der Waals surface area contributed by atoms with E-state index in [2.05, 4.69) is 10.3 Å². The summed E-state index contributed by atoms with van der Waals surface area (Å²) in [5, 5.41) is 11.6. The van der Waals surface area contributed by atoms with E-state index in [1.165, 1.54) is 6.07 Å².